The van der Waals surface area contributed by atoms with Crippen LogP contribution in [0.4, 0.5) is 5.82 Å². The van der Waals surface area contributed by atoms with Gasteiger partial charge in [0.05, 0.1) is 5.02 Å². The lowest BCUT2D eigenvalue weighted by Crippen LogP contribution is -2.26. The van der Waals surface area contributed by atoms with Gasteiger partial charge < -0.3 is 31.6 Å². The topological polar surface area (TPSA) is 129 Å². The van der Waals surface area contributed by atoms with Gasteiger partial charge in [0.15, 0.2) is 0 Å². The van der Waals surface area contributed by atoms with Crippen LogP contribution < -0.4 is 11.5 Å². The average Bonchev–Trinajstić information content (AvgIpc) is 3.29. The van der Waals surface area contributed by atoms with E-state index in [1.165, 1.54) is 6.08 Å². The number of carbonyl (C=O) groups is 1. The number of nitrogens with two attached hydrogens (primary N) is 2. The second-order valence-corrected chi connectivity index (χ2v) is 6.65. The van der Waals surface area contributed by atoms with Crippen LogP contribution in [-0.2, 0) is 4.79 Å². The summed E-state index contributed by atoms with van der Waals surface area (Å²) >= 11 is 6.54. The van der Waals surface area contributed by atoms with Crippen molar-refractivity contribution >= 4 is 35.1 Å². The van der Waals surface area contributed by atoms with Crippen molar-refractivity contribution in [1.29, 1.82) is 0 Å². The zero-order chi connectivity index (χ0) is 20.8. The Morgan fingerprint density at radius 3 is 2.71 bits per heavy atom. The lowest BCUT2D eigenvalue weighted by Gasteiger charge is -2.13. The summed E-state index contributed by atoms with van der Waals surface area (Å²) in [6, 6.07) is 6.78. The minimum absolute atomic E-state index is 0.0715. The number of aliphatic hydroxyl groups excluding tert-OH is 1. The molecule has 8 heteroatoms. The van der Waals surface area contributed by atoms with Crippen molar-refractivity contribution in [2.75, 3.05) is 25.9 Å². The predicted molar refractivity (Wildman–Crippen MR) is 113 cm³/mol. The molecule has 2 heterocycles. The summed E-state index contributed by atoms with van der Waals surface area (Å²) in [5.74, 6) is 0.465. The molecule has 2 aromatic rings. The monoisotopic (exact) mass is 404 g/mol. The summed E-state index contributed by atoms with van der Waals surface area (Å²) in [5.41, 5.74) is 14.5. The third-order valence-electron chi connectivity index (χ3n) is 4.63. The highest BCUT2D eigenvalue weighted by Gasteiger charge is 2.30. The number of aromatic hydroxyl groups is 1. The molecule has 0 radical (unpaired) electrons. The fourth-order valence-corrected chi connectivity index (χ4v) is 3.59. The highest BCUT2D eigenvalue weighted by molar-refractivity contribution is 6.33. The second-order valence-electron chi connectivity index (χ2n) is 6.27. The summed E-state index contributed by atoms with van der Waals surface area (Å²) in [6.45, 7) is 4.73. The summed E-state index contributed by atoms with van der Waals surface area (Å²) in [6.07, 6.45) is 3.75. The Hall–Kier alpha value is -2.90. The molecule has 150 valence electrons. The van der Waals surface area contributed by atoms with Crippen molar-refractivity contribution in [2.24, 2.45) is 5.73 Å². The van der Waals surface area contributed by atoms with Crippen LogP contribution in [0.25, 0.3) is 11.8 Å². The normalized spacial score (nSPS) is 16.5. The van der Waals surface area contributed by atoms with E-state index >= 15 is 0 Å². The molecule has 0 spiro atoms. The highest BCUT2D eigenvalue weighted by Crippen LogP contribution is 2.38. The number of amides is 1. The molecular weight excluding hydrogens is 380 g/mol. The molecule has 1 aromatic heterocycles. The van der Waals surface area contributed by atoms with Crippen LogP contribution in [0.15, 0.2) is 36.9 Å². The number of aromatic nitrogens is 1. The Labute approximate surface area is 168 Å². The van der Waals surface area contributed by atoms with Gasteiger partial charge in [0.2, 0.25) is 5.91 Å². The van der Waals surface area contributed by atoms with Gasteiger partial charge in [-0.15, -0.1) is 0 Å². The molecule has 7 nitrogen and oxygen atoms in total. The van der Waals surface area contributed by atoms with Crippen molar-refractivity contribution in [3.8, 4) is 5.75 Å². The molecule has 1 aliphatic rings. The fourth-order valence-electron chi connectivity index (χ4n) is 3.23. The van der Waals surface area contributed by atoms with E-state index in [2.05, 4.69) is 11.6 Å². The van der Waals surface area contributed by atoms with Gasteiger partial charge in [0.1, 0.15) is 11.6 Å². The van der Waals surface area contributed by atoms with Gasteiger partial charge in [0, 0.05) is 48.6 Å². The first-order valence-corrected chi connectivity index (χ1v) is 9.08. The standard InChI is InChI=1S/C19H21ClN4O2.CH4O/c1-2-16(26)24-8-7-11(10-24)18-17(20)13(19(22)23-18)9-14(21)12-5-3-4-6-15(12)25;1-2/h2-6,9,11,23,25H,1,7-8,10,21-22H2;2H,1H3/b14-9-;. The van der Waals surface area contributed by atoms with Crippen LogP contribution in [0.5, 0.6) is 5.75 Å². The maximum Gasteiger partial charge on any atom is 0.245 e. The number of anilines is 1. The van der Waals surface area contributed by atoms with E-state index in [1.807, 2.05) is 0 Å². The largest absolute Gasteiger partial charge is 0.507 e. The van der Waals surface area contributed by atoms with E-state index in [9.17, 15) is 9.90 Å². The quantitative estimate of drug-likeness (QED) is 0.500. The predicted octanol–water partition coefficient (Wildman–Crippen LogP) is 2.52. The summed E-state index contributed by atoms with van der Waals surface area (Å²) < 4.78 is 0. The van der Waals surface area contributed by atoms with Crippen LogP contribution in [0, 0.1) is 0 Å². The molecule has 3 rings (SSSR count). The third kappa shape index (κ3) is 4.32. The number of phenols is 1. The molecule has 1 unspecified atom stereocenters. The average molecular weight is 405 g/mol. The molecule has 0 saturated carbocycles. The Morgan fingerprint density at radius 1 is 1.39 bits per heavy atom. The molecule has 0 bridgehead atoms. The number of likely N-dealkylation sites (tertiary alicyclic amines) is 1. The van der Waals surface area contributed by atoms with E-state index < -0.39 is 0 Å². The number of nitrogen functional groups attached to an aromatic ring is 1. The van der Waals surface area contributed by atoms with Crippen LogP contribution in [-0.4, -0.2) is 46.2 Å². The number of hydrogen-bond acceptors (Lipinski definition) is 5. The number of nitrogens with zero attached hydrogens (tertiary/aromatic N) is 1. The number of H-pyrrole nitrogens is 1. The van der Waals surface area contributed by atoms with E-state index in [0.717, 1.165) is 19.2 Å². The van der Waals surface area contributed by atoms with Crippen molar-refractivity contribution in [3.05, 3.63) is 58.8 Å². The first-order valence-electron chi connectivity index (χ1n) is 8.70. The Balaban J connectivity index is 0.00000136. The van der Waals surface area contributed by atoms with Gasteiger partial charge in [-0.05, 0) is 30.7 Å². The first-order chi connectivity index (χ1) is 13.4. The Kier molecular flexibility index (Phi) is 7.14. The minimum atomic E-state index is -0.0907. The van der Waals surface area contributed by atoms with Gasteiger partial charge in [-0.3, -0.25) is 4.79 Å². The molecule has 1 atom stereocenters. The number of nitrogens with one attached hydrogen (secondary N) is 1. The van der Waals surface area contributed by atoms with Crippen molar-refractivity contribution in [3.63, 3.8) is 0 Å². The van der Waals surface area contributed by atoms with Gasteiger partial charge in [-0.1, -0.05) is 30.3 Å². The molecule has 1 saturated heterocycles. The van der Waals surface area contributed by atoms with Crippen LogP contribution in [0.2, 0.25) is 5.02 Å². The lowest BCUT2D eigenvalue weighted by atomic mass is 10.0. The third-order valence-corrected chi connectivity index (χ3v) is 5.04. The summed E-state index contributed by atoms with van der Waals surface area (Å²) in [4.78, 5) is 16.6. The smallest absolute Gasteiger partial charge is 0.245 e. The number of phenolic OH excluding ortho intramolecular Hbond substituents is 1. The first kappa shape index (κ1) is 21.4. The number of benzene rings is 1. The maximum absolute atomic E-state index is 11.8. The van der Waals surface area contributed by atoms with E-state index in [-0.39, 0.29) is 17.6 Å². The van der Waals surface area contributed by atoms with Crippen molar-refractivity contribution in [1.82, 2.24) is 9.88 Å². The fraction of sp³-hybridized carbons (Fsp3) is 0.250. The molecule has 28 heavy (non-hydrogen) atoms. The van der Waals surface area contributed by atoms with Crippen LogP contribution in [0.1, 0.15) is 29.2 Å². The van der Waals surface area contributed by atoms with Crippen LogP contribution >= 0.6 is 11.6 Å². The van der Waals surface area contributed by atoms with E-state index in [1.54, 1.807) is 35.2 Å². The number of aromatic amines is 1. The molecule has 1 amide bonds. The number of halogens is 1. The second kappa shape index (κ2) is 9.34. The van der Waals surface area contributed by atoms with Gasteiger partial charge in [-0.2, -0.15) is 0 Å². The summed E-state index contributed by atoms with van der Waals surface area (Å²) in [7, 11) is 1.00. The van der Waals surface area contributed by atoms with E-state index in [0.29, 0.717) is 40.8 Å². The zero-order valence-electron chi connectivity index (χ0n) is 15.7. The van der Waals surface area contributed by atoms with Gasteiger partial charge in [0.25, 0.3) is 0 Å². The maximum atomic E-state index is 11.8. The number of aliphatic hydroxyl groups is 1. The summed E-state index contributed by atoms with van der Waals surface area (Å²) in [5, 5.41) is 17.4. The molecule has 1 aromatic carbocycles. The molecule has 0 aliphatic carbocycles. The molecule has 1 fully saturated rings. The molecule has 7 N–H and O–H groups in total. The number of hydrogen-bond donors (Lipinski definition) is 5. The number of para-hydroxylation sites is 1. The zero-order valence-corrected chi connectivity index (χ0v) is 16.4. The molecule has 1 aliphatic heterocycles. The van der Waals surface area contributed by atoms with Crippen molar-refractivity contribution in [2.45, 2.75) is 12.3 Å². The number of carbonyl (C=O) groups excluding carboxylic acids is 1. The molecular formula is C20H25ClN4O3. The van der Waals surface area contributed by atoms with Gasteiger partial charge >= 0.3 is 0 Å². The van der Waals surface area contributed by atoms with Gasteiger partial charge in [-0.25, -0.2) is 0 Å². The van der Waals surface area contributed by atoms with Crippen LogP contribution in [0.3, 0.4) is 0 Å². The Bertz CT molecular complexity index is 892. The number of rotatable bonds is 4. The van der Waals surface area contributed by atoms with E-state index in [4.69, 9.17) is 28.2 Å². The van der Waals surface area contributed by atoms with Crippen molar-refractivity contribution < 1.29 is 15.0 Å². The lowest BCUT2D eigenvalue weighted by molar-refractivity contribution is -0.125. The Morgan fingerprint density at radius 2 is 2.07 bits per heavy atom. The highest BCUT2D eigenvalue weighted by atomic mass is 35.5. The minimum Gasteiger partial charge on any atom is -0.507 e. The SMILES string of the molecule is C=CC(=O)N1CCC(c2[nH]c(N)c(/C=C(\N)c3ccccc3O)c2Cl)C1.CO.